The van der Waals surface area contributed by atoms with Gasteiger partial charge in [0.25, 0.3) is 0 Å². The summed E-state index contributed by atoms with van der Waals surface area (Å²) >= 11 is 0. The number of benzene rings is 2. The minimum absolute atomic E-state index is 0. The first-order valence-corrected chi connectivity index (χ1v) is 6.95. The van der Waals surface area contributed by atoms with E-state index in [1.165, 1.54) is 12.1 Å². The Morgan fingerprint density at radius 2 is 1.61 bits per heavy atom. The van der Waals surface area contributed by atoms with Crippen LogP contribution in [0.5, 0.6) is 5.75 Å². The Balaban J connectivity index is 0.00000264. The predicted octanol–water partition coefficient (Wildman–Crippen LogP) is 4.56. The molecule has 0 saturated carbocycles. The topological polar surface area (TPSA) is 21.3 Å². The van der Waals surface area contributed by atoms with Crippen LogP contribution in [0.1, 0.15) is 11.1 Å². The lowest BCUT2D eigenvalue weighted by Crippen LogP contribution is -2.11. The Hall–Kier alpha value is -1.72. The van der Waals surface area contributed by atoms with Gasteiger partial charge in [-0.3, -0.25) is 0 Å². The van der Waals surface area contributed by atoms with Crippen LogP contribution in [0.2, 0.25) is 0 Å². The quantitative estimate of drug-likeness (QED) is 0.857. The minimum Gasteiger partial charge on any atom is -0.496 e. The van der Waals surface area contributed by atoms with E-state index in [0.717, 1.165) is 47.5 Å². The third-order valence-electron chi connectivity index (χ3n) is 3.47. The SMILES string of the molecule is CNCCc1cc(-c2ccc(C(F)(F)F)cc2)ccc1OC.Cl. The average Bonchev–Trinajstić information content (AvgIpc) is 2.52. The average molecular weight is 346 g/mol. The molecule has 0 heterocycles. The van der Waals surface area contributed by atoms with Crippen LogP contribution in [0.15, 0.2) is 42.5 Å². The molecule has 126 valence electrons. The van der Waals surface area contributed by atoms with Gasteiger partial charge >= 0.3 is 6.18 Å². The number of ether oxygens (including phenoxy) is 1. The van der Waals surface area contributed by atoms with Crippen LogP contribution in [-0.4, -0.2) is 20.7 Å². The molecule has 6 heteroatoms. The second-order valence-corrected chi connectivity index (χ2v) is 4.96. The van der Waals surface area contributed by atoms with Gasteiger partial charge in [0, 0.05) is 0 Å². The van der Waals surface area contributed by atoms with Crippen molar-refractivity contribution >= 4 is 12.4 Å². The summed E-state index contributed by atoms with van der Waals surface area (Å²) in [7, 11) is 3.47. The Kier molecular flexibility index (Phi) is 6.91. The van der Waals surface area contributed by atoms with E-state index < -0.39 is 11.7 Å². The molecule has 0 aromatic heterocycles. The standard InChI is InChI=1S/C17H18F3NO.ClH/c1-21-10-9-14-11-13(5-8-16(14)22-2)12-3-6-15(7-4-12)17(18,19)20;/h3-8,11,21H,9-10H2,1-2H3;1H. The van der Waals surface area contributed by atoms with Gasteiger partial charge in [-0.2, -0.15) is 13.2 Å². The van der Waals surface area contributed by atoms with Gasteiger partial charge in [-0.15, -0.1) is 12.4 Å². The molecule has 2 aromatic carbocycles. The highest BCUT2D eigenvalue weighted by atomic mass is 35.5. The van der Waals surface area contributed by atoms with Crippen LogP contribution in [0.4, 0.5) is 13.2 Å². The molecule has 0 atom stereocenters. The van der Waals surface area contributed by atoms with Gasteiger partial charge in [0.15, 0.2) is 0 Å². The van der Waals surface area contributed by atoms with Crippen LogP contribution in [0, 0.1) is 0 Å². The summed E-state index contributed by atoms with van der Waals surface area (Å²) in [6, 6.07) is 10.8. The molecular formula is C17H19ClF3NO. The lowest BCUT2D eigenvalue weighted by Gasteiger charge is -2.12. The number of hydrogen-bond acceptors (Lipinski definition) is 2. The second kappa shape index (κ2) is 8.22. The van der Waals surface area contributed by atoms with Gasteiger partial charge in [-0.1, -0.05) is 18.2 Å². The Bertz CT molecular complexity index is 627. The molecule has 0 unspecified atom stereocenters. The fraction of sp³-hybridized carbons (Fsp3) is 0.294. The van der Waals surface area contributed by atoms with Crippen molar-refractivity contribution in [3.63, 3.8) is 0 Å². The van der Waals surface area contributed by atoms with Crippen LogP contribution < -0.4 is 10.1 Å². The Labute approximate surface area is 140 Å². The van der Waals surface area contributed by atoms with Crippen molar-refractivity contribution in [2.24, 2.45) is 0 Å². The number of alkyl halides is 3. The maximum absolute atomic E-state index is 12.6. The third kappa shape index (κ3) is 4.88. The van der Waals surface area contributed by atoms with E-state index in [0.29, 0.717) is 0 Å². The zero-order valence-electron chi connectivity index (χ0n) is 12.9. The lowest BCUT2D eigenvalue weighted by molar-refractivity contribution is -0.137. The van der Waals surface area contributed by atoms with Gasteiger partial charge in [0.1, 0.15) is 5.75 Å². The molecule has 0 aliphatic rings. The maximum Gasteiger partial charge on any atom is 0.416 e. The molecule has 0 saturated heterocycles. The summed E-state index contributed by atoms with van der Waals surface area (Å²) in [4.78, 5) is 0. The van der Waals surface area contributed by atoms with E-state index in [2.05, 4.69) is 5.32 Å². The molecule has 0 bridgehead atoms. The first kappa shape index (κ1) is 19.3. The molecule has 2 aromatic rings. The number of nitrogens with one attached hydrogen (secondary N) is 1. The van der Waals surface area contributed by atoms with Crippen LogP contribution >= 0.6 is 12.4 Å². The summed E-state index contributed by atoms with van der Waals surface area (Å²) in [6.45, 7) is 0.798. The van der Waals surface area contributed by atoms with Crippen LogP contribution in [0.3, 0.4) is 0 Å². The van der Waals surface area contributed by atoms with Crippen LogP contribution in [0.25, 0.3) is 11.1 Å². The third-order valence-corrected chi connectivity index (χ3v) is 3.47. The smallest absolute Gasteiger partial charge is 0.416 e. The summed E-state index contributed by atoms with van der Waals surface area (Å²) < 4.78 is 43.1. The molecular weight excluding hydrogens is 327 g/mol. The highest BCUT2D eigenvalue weighted by Crippen LogP contribution is 2.32. The fourth-order valence-corrected chi connectivity index (χ4v) is 2.26. The summed E-state index contributed by atoms with van der Waals surface area (Å²) in [5, 5.41) is 3.07. The van der Waals surface area contributed by atoms with E-state index in [1.54, 1.807) is 7.11 Å². The van der Waals surface area contributed by atoms with Gasteiger partial charge in [0.05, 0.1) is 12.7 Å². The Morgan fingerprint density at radius 1 is 1.00 bits per heavy atom. The van der Waals surface area contributed by atoms with E-state index >= 15 is 0 Å². The van der Waals surface area contributed by atoms with Crippen molar-refractivity contribution in [3.05, 3.63) is 53.6 Å². The first-order chi connectivity index (χ1) is 10.5. The molecule has 23 heavy (non-hydrogen) atoms. The number of halogens is 4. The summed E-state index contributed by atoms with van der Waals surface area (Å²) in [5.74, 6) is 0.783. The van der Waals surface area contributed by atoms with Crippen molar-refractivity contribution < 1.29 is 17.9 Å². The highest BCUT2D eigenvalue weighted by molar-refractivity contribution is 5.85. The molecule has 0 aliphatic heterocycles. The zero-order chi connectivity index (χ0) is 16.2. The normalized spacial score (nSPS) is 11.0. The molecule has 0 spiro atoms. The van der Waals surface area contributed by atoms with E-state index in [-0.39, 0.29) is 12.4 Å². The zero-order valence-corrected chi connectivity index (χ0v) is 13.7. The predicted molar refractivity (Wildman–Crippen MR) is 88.3 cm³/mol. The number of hydrogen-bond donors (Lipinski definition) is 1. The minimum atomic E-state index is -4.31. The summed E-state index contributed by atoms with van der Waals surface area (Å²) in [5.41, 5.74) is 2.01. The maximum atomic E-state index is 12.6. The first-order valence-electron chi connectivity index (χ1n) is 6.95. The van der Waals surface area contributed by atoms with Gasteiger partial charge in [-0.05, 0) is 61.0 Å². The molecule has 0 amide bonds. The van der Waals surface area contributed by atoms with E-state index in [1.807, 2.05) is 25.2 Å². The van der Waals surface area contributed by atoms with E-state index in [9.17, 15) is 13.2 Å². The van der Waals surface area contributed by atoms with E-state index in [4.69, 9.17) is 4.74 Å². The van der Waals surface area contributed by atoms with Crippen LogP contribution in [-0.2, 0) is 12.6 Å². The Morgan fingerprint density at radius 3 is 2.13 bits per heavy atom. The number of methoxy groups -OCH3 is 1. The molecule has 0 fully saturated rings. The highest BCUT2D eigenvalue weighted by Gasteiger charge is 2.29. The number of likely N-dealkylation sites (N-methyl/N-ethyl adjacent to an activating group) is 1. The largest absolute Gasteiger partial charge is 0.496 e. The molecule has 1 N–H and O–H groups in total. The van der Waals surface area contributed by atoms with Crippen molar-refractivity contribution in [3.8, 4) is 16.9 Å². The molecule has 0 aliphatic carbocycles. The van der Waals surface area contributed by atoms with Crippen molar-refractivity contribution in [1.82, 2.24) is 5.32 Å². The van der Waals surface area contributed by atoms with Crippen molar-refractivity contribution in [2.45, 2.75) is 12.6 Å². The fourth-order valence-electron chi connectivity index (χ4n) is 2.26. The monoisotopic (exact) mass is 345 g/mol. The number of rotatable bonds is 5. The van der Waals surface area contributed by atoms with Gasteiger partial charge < -0.3 is 10.1 Å². The molecule has 2 rings (SSSR count). The molecule has 2 nitrogen and oxygen atoms in total. The lowest BCUT2D eigenvalue weighted by atomic mass is 10.00. The second-order valence-electron chi connectivity index (χ2n) is 4.96. The van der Waals surface area contributed by atoms with Gasteiger partial charge in [0.2, 0.25) is 0 Å². The molecule has 0 radical (unpaired) electrons. The van der Waals surface area contributed by atoms with Crippen molar-refractivity contribution in [2.75, 3.05) is 20.7 Å². The van der Waals surface area contributed by atoms with Crippen molar-refractivity contribution in [1.29, 1.82) is 0 Å². The van der Waals surface area contributed by atoms with Gasteiger partial charge in [-0.25, -0.2) is 0 Å². The summed E-state index contributed by atoms with van der Waals surface area (Å²) in [6.07, 6.45) is -3.52.